The molecule has 0 aliphatic heterocycles. The molecule has 132 valence electrons. The van der Waals surface area contributed by atoms with E-state index in [0.29, 0.717) is 5.56 Å². The van der Waals surface area contributed by atoms with E-state index in [4.69, 9.17) is 4.74 Å². The van der Waals surface area contributed by atoms with Crippen LogP contribution in [0.4, 0.5) is 13.6 Å². The van der Waals surface area contributed by atoms with Crippen molar-refractivity contribution in [3.63, 3.8) is 0 Å². The number of ether oxygens (including phenoxy) is 1. The highest BCUT2D eigenvalue weighted by molar-refractivity contribution is 5.85. The standard InChI is InChI=1S/C18H17F2NO4/c1-11-8-15(20)13(9-14(11)19)18(2,16(22)23)21-17(24)25-10-12-6-4-3-5-7-12/h3-9H,10H2,1-2H3,(H,21,24)(H,22,23). The first-order valence-electron chi connectivity index (χ1n) is 7.42. The van der Waals surface area contributed by atoms with Crippen LogP contribution >= 0.6 is 0 Å². The maximum absolute atomic E-state index is 14.2. The molecule has 1 unspecified atom stereocenters. The van der Waals surface area contributed by atoms with E-state index >= 15 is 0 Å². The van der Waals surface area contributed by atoms with Gasteiger partial charge in [-0.15, -0.1) is 0 Å². The van der Waals surface area contributed by atoms with Crippen LogP contribution in [0.1, 0.15) is 23.6 Å². The molecule has 5 nitrogen and oxygen atoms in total. The average molecular weight is 349 g/mol. The van der Waals surface area contributed by atoms with Gasteiger partial charge in [-0.05, 0) is 37.1 Å². The summed E-state index contributed by atoms with van der Waals surface area (Å²) in [4.78, 5) is 23.6. The third kappa shape index (κ3) is 4.12. The van der Waals surface area contributed by atoms with Crippen LogP contribution in [0.25, 0.3) is 0 Å². The van der Waals surface area contributed by atoms with Crippen molar-refractivity contribution in [2.75, 3.05) is 0 Å². The highest BCUT2D eigenvalue weighted by Crippen LogP contribution is 2.27. The van der Waals surface area contributed by atoms with E-state index in [2.05, 4.69) is 5.32 Å². The average Bonchev–Trinajstić information content (AvgIpc) is 2.57. The number of aliphatic carboxylic acids is 1. The molecule has 0 spiro atoms. The van der Waals surface area contributed by atoms with Crippen LogP contribution in [0.2, 0.25) is 0 Å². The van der Waals surface area contributed by atoms with Gasteiger partial charge >= 0.3 is 12.1 Å². The lowest BCUT2D eigenvalue weighted by Crippen LogP contribution is -2.50. The Bertz CT molecular complexity index is 795. The monoisotopic (exact) mass is 349 g/mol. The lowest BCUT2D eigenvalue weighted by molar-refractivity contribution is -0.144. The largest absolute Gasteiger partial charge is 0.479 e. The van der Waals surface area contributed by atoms with Gasteiger partial charge in [-0.25, -0.2) is 18.4 Å². The number of benzene rings is 2. The van der Waals surface area contributed by atoms with Crippen molar-refractivity contribution in [1.29, 1.82) is 0 Å². The minimum Gasteiger partial charge on any atom is -0.479 e. The highest BCUT2D eigenvalue weighted by atomic mass is 19.1. The van der Waals surface area contributed by atoms with E-state index in [-0.39, 0.29) is 12.2 Å². The molecular weight excluding hydrogens is 332 g/mol. The molecule has 0 aliphatic carbocycles. The van der Waals surface area contributed by atoms with E-state index in [1.165, 1.54) is 6.92 Å². The summed E-state index contributed by atoms with van der Waals surface area (Å²) in [6.07, 6.45) is -1.06. The van der Waals surface area contributed by atoms with Gasteiger partial charge in [-0.1, -0.05) is 30.3 Å². The first-order valence-corrected chi connectivity index (χ1v) is 7.42. The molecule has 0 aromatic heterocycles. The van der Waals surface area contributed by atoms with Crippen molar-refractivity contribution < 1.29 is 28.2 Å². The fourth-order valence-corrected chi connectivity index (χ4v) is 2.23. The van der Waals surface area contributed by atoms with E-state index < -0.39 is 34.8 Å². The van der Waals surface area contributed by atoms with E-state index in [1.54, 1.807) is 30.3 Å². The molecule has 25 heavy (non-hydrogen) atoms. The molecule has 2 aromatic rings. The second kappa shape index (κ2) is 7.29. The number of carbonyl (C=O) groups excluding carboxylic acids is 1. The third-order valence-corrected chi connectivity index (χ3v) is 3.78. The quantitative estimate of drug-likeness (QED) is 0.866. The first-order chi connectivity index (χ1) is 11.7. The molecule has 0 heterocycles. The second-order valence-corrected chi connectivity index (χ2v) is 5.70. The number of carboxylic acids is 1. The minimum atomic E-state index is -2.19. The number of carboxylic acid groups (broad SMARTS) is 1. The SMILES string of the molecule is Cc1cc(F)c(C(C)(NC(=O)OCc2ccccc2)C(=O)O)cc1F. The Morgan fingerprint density at radius 1 is 1.16 bits per heavy atom. The second-order valence-electron chi connectivity index (χ2n) is 5.70. The van der Waals surface area contributed by atoms with Crippen molar-refractivity contribution in [3.05, 3.63) is 70.8 Å². The van der Waals surface area contributed by atoms with Gasteiger partial charge in [0.2, 0.25) is 0 Å². The Labute approximate surface area is 143 Å². The number of halogens is 2. The summed E-state index contributed by atoms with van der Waals surface area (Å²) in [5.74, 6) is -3.26. The summed E-state index contributed by atoms with van der Waals surface area (Å²) < 4.78 is 32.9. The number of hydrogen-bond acceptors (Lipinski definition) is 3. The fourth-order valence-electron chi connectivity index (χ4n) is 2.23. The minimum absolute atomic E-state index is 0.0284. The number of carbonyl (C=O) groups is 2. The lowest BCUT2D eigenvalue weighted by Gasteiger charge is -2.27. The summed E-state index contributed by atoms with van der Waals surface area (Å²) in [5, 5.41) is 11.5. The molecule has 1 atom stereocenters. The van der Waals surface area contributed by atoms with Gasteiger partial charge < -0.3 is 15.2 Å². The van der Waals surface area contributed by atoms with E-state index in [9.17, 15) is 23.5 Å². The summed E-state index contributed by atoms with van der Waals surface area (Å²) in [5.41, 5.74) is -1.96. The maximum atomic E-state index is 14.2. The van der Waals surface area contributed by atoms with Crippen LogP contribution in [0.3, 0.4) is 0 Å². The highest BCUT2D eigenvalue weighted by Gasteiger charge is 2.40. The Morgan fingerprint density at radius 3 is 2.40 bits per heavy atom. The molecule has 0 fully saturated rings. The van der Waals surface area contributed by atoms with Crippen molar-refractivity contribution in [2.24, 2.45) is 0 Å². The maximum Gasteiger partial charge on any atom is 0.408 e. The molecule has 7 heteroatoms. The number of aryl methyl sites for hydroxylation is 1. The molecule has 0 radical (unpaired) electrons. The predicted octanol–water partition coefficient (Wildman–Crippen LogP) is 3.50. The molecule has 2 aromatic carbocycles. The molecule has 1 amide bonds. The fraction of sp³-hybridized carbons (Fsp3) is 0.222. The number of hydrogen-bond donors (Lipinski definition) is 2. The summed E-state index contributed by atoms with van der Waals surface area (Å²) in [7, 11) is 0. The van der Waals surface area contributed by atoms with Gasteiger partial charge in [0.25, 0.3) is 0 Å². The van der Waals surface area contributed by atoms with Gasteiger partial charge in [0, 0.05) is 5.56 Å². The molecule has 0 bridgehead atoms. The molecular formula is C18H17F2NO4. The zero-order chi connectivity index (χ0) is 18.6. The predicted molar refractivity (Wildman–Crippen MR) is 85.8 cm³/mol. The van der Waals surface area contributed by atoms with Crippen LogP contribution in [-0.4, -0.2) is 17.2 Å². The van der Waals surface area contributed by atoms with Gasteiger partial charge in [-0.3, -0.25) is 0 Å². The summed E-state index contributed by atoms with van der Waals surface area (Å²) in [6.45, 7) is 2.32. The lowest BCUT2D eigenvalue weighted by atomic mass is 9.90. The topological polar surface area (TPSA) is 75.6 Å². The van der Waals surface area contributed by atoms with Crippen molar-refractivity contribution in [2.45, 2.75) is 26.0 Å². The molecule has 0 aliphatic rings. The van der Waals surface area contributed by atoms with Gasteiger partial charge in [0.05, 0.1) is 0 Å². The number of nitrogens with one attached hydrogen (secondary N) is 1. The molecule has 2 N–H and O–H groups in total. The van der Waals surface area contributed by atoms with Crippen LogP contribution in [-0.2, 0) is 21.7 Å². The zero-order valence-electron chi connectivity index (χ0n) is 13.7. The summed E-state index contributed by atoms with van der Waals surface area (Å²) in [6, 6.07) is 10.4. The Balaban J connectivity index is 2.21. The Hall–Kier alpha value is -2.96. The summed E-state index contributed by atoms with van der Waals surface area (Å²) >= 11 is 0. The van der Waals surface area contributed by atoms with Crippen molar-refractivity contribution in [3.8, 4) is 0 Å². The van der Waals surface area contributed by atoms with Gasteiger partial charge in [0.15, 0.2) is 5.54 Å². The molecule has 2 rings (SSSR count). The smallest absolute Gasteiger partial charge is 0.408 e. The normalized spacial score (nSPS) is 13.0. The van der Waals surface area contributed by atoms with Crippen LogP contribution in [0.15, 0.2) is 42.5 Å². The number of rotatable bonds is 5. The van der Waals surface area contributed by atoms with Crippen LogP contribution in [0.5, 0.6) is 0 Å². The Morgan fingerprint density at radius 2 is 1.80 bits per heavy atom. The van der Waals surface area contributed by atoms with Crippen molar-refractivity contribution >= 4 is 12.1 Å². The van der Waals surface area contributed by atoms with Gasteiger partial charge in [0.1, 0.15) is 18.2 Å². The first kappa shape index (κ1) is 18.4. The molecule has 0 saturated carbocycles. The number of alkyl carbamates (subject to hydrolysis) is 1. The zero-order valence-corrected chi connectivity index (χ0v) is 13.7. The van der Waals surface area contributed by atoms with Crippen molar-refractivity contribution in [1.82, 2.24) is 5.32 Å². The van der Waals surface area contributed by atoms with Crippen LogP contribution in [0, 0.1) is 18.6 Å². The third-order valence-electron chi connectivity index (χ3n) is 3.78. The molecule has 0 saturated heterocycles. The van der Waals surface area contributed by atoms with Crippen LogP contribution < -0.4 is 5.32 Å². The Kier molecular flexibility index (Phi) is 5.36. The van der Waals surface area contributed by atoms with E-state index in [0.717, 1.165) is 19.1 Å². The van der Waals surface area contributed by atoms with Gasteiger partial charge in [-0.2, -0.15) is 0 Å². The number of amides is 1. The van der Waals surface area contributed by atoms with E-state index in [1.807, 2.05) is 0 Å².